The second kappa shape index (κ2) is 4.45. The van der Waals surface area contributed by atoms with Gasteiger partial charge in [-0.3, -0.25) is 9.69 Å². The van der Waals surface area contributed by atoms with Crippen LogP contribution in [0.15, 0.2) is 42.5 Å². The lowest BCUT2D eigenvalue weighted by atomic mass is 10.0. The Morgan fingerprint density at radius 2 is 1.90 bits per heavy atom. The molecule has 1 aliphatic heterocycles. The highest BCUT2D eigenvalue weighted by atomic mass is 18.2. The van der Waals surface area contributed by atoms with Crippen molar-refractivity contribution in [2.75, 3.05) is 4.90 Å². The minimum absolute atomic E-state index is 0.108. The molecular weight excluding hydrogens is 258 g/mol. The molecule has 100 valence electrons. The summed E-state index contributed by atoms with van der Waals surface area (Å²) in [5.74, 6) is -0.761. The molecule has 0 spiro atoms. The molecule has 20 heavy (non-hydrogen) atoms. The normalized spacial score (nSPS) is 13.4. The Hall–Kier alpha value is -2.69. The van der Waals surface area contributed by atoms with Gasteiger partial charge in [-0.2, -0.15) is 0 Å². The maximum Gasteiger partial charge on any atom is 0.323 e. The topological polar surface area (TPSA) is 63.4 Å². The van der Waals surface area contributed by atoms with Crippen LogP contribution in [0.3, 0.4) is 0 Å². The van der Waals surface area contributed by atoms with Gasteiger partial charge in [0.15, 0.2) is 5.78 Å². The first kappa shape index (κ1) is 12.3. The molecule has 0 saturated heterocycles. The lowest BCUT2D eigenvalue weighted by Gasteiger charge is -2.22. The van der Waals surface area contributed by atoms with Crippen LogP contribution >= 0.6 is 0 Å². The van der Waals surface area contributed by atoms with Crippen molar-refractivity contribution in [3.63, 3.8) is 0 Å². The van der Waals surface area contributed by atoms with E-state index in [1.165, 1.54) is 17.0 Å². The minimum atomic E-state index is -0.708. The number of rotatable bonds is 0. The van der Waals surface area contributed by atoms with E-state index in [0.29, 0.717) is 16.9 Å². The lowest BCUT2D eigenvalue weighted by molar-refractivity contribution is 0.0994. The van der Waals surface area contributed by atoms with Crippen molar-refractivity contribution in [2.24, 2.45) is 5.73 Å². The van der Waals surface area contributed by atoms with Crippen LogP contribution in [0.1, 0.15) is 15.9 Å². The van der Waals surface area contributed by atoms with Crippen molar-refractivity contribution in [1.29, 1.82) is 0 Å². The molecule has 0 atom stereocenters. The number of anilines is 2. The first-order valence-corrected chi connectivity index (χ1v) is 6.08. The largest absolute Gasteiger partial charge is 0.351 e. The second-order valence-corrected chi connectivity index (χ2v) is 4.56. The average Bonchev–Trinajstić information content (AvgIpc) is 2.53. The number of fused-ring (bicyclic) bond motifs is 2. The summed E-state index contributed by atoms with van der Waals surface area (Å²) in [6, 6.07) is 10.0. The fourth-order valence-corrected chi connectivity index (χ4v) is 2.44. The van der Waals surface area contributed by atoms with Gasteiger partial charge in [-0.25, -0.2) is 9.18 Å². The van der Waals surface area contributed by atoms with Gasteiger partial charge >= 0.3 is 6.03 Å². The summed E-state index contributed by atoms with van der Waals surface area (Å²) >= 11 is 0. The number of Topliss-reactive ketones (excluding diaryl/α,β-unsaturated/α-hetero) is 1. The van der Waals surface area contributed by atoms with E-state index >= 15 is 0 Å². The Balaban J connectivity index is 2.32. The van der Waals surface area contributed by atoms with E-state index in [4.69, 9.17) is 5.73 Å². The fourth-order valence-electron chi connectivity index (χ4n) is 2.44. The molecule has 2 amide bonds. The van der Waals surface area contributed by atoms with Crippen LogP contribution in [0.5, 0.6) is 0 Å². The number of benzene rings is 2. The number of carbonyl (C=O) groups is 2. The highest BCUT2D eigenvalue weighted by molar-refractivity contribution is 6.11. The third-order valence-electron chi connectivity index (χ3n) is 3.30. The van der Waals surface area contributed by atoms with Gasteiger partial charge in [-0.15, -0.1) is 0 Å². The maximum atomic E-state index is 13.4. The molecule has 2 N–H and O–H groups in total. The lowest BCUT2D eigenvalue weighted by Crippen LogP contribution is -2.32. The Morgan fingerprint density at radius 3 is 2.65 bits per heavy atom. The molecule has 1 aliphatic rings. The van der Waals surface area contributed by atoms with Crippen molar-refractivity contribution in [1.82, 2.24) is 0 Å². The van der Waals surface area contributed by atoms with E-state index in [-0.39, 0.29) is 17.8 Å². The molecule has 0 saturated carbocycles. The number of carbonyl (C=O) groups excluding carboxylic acids is 2. The third kappa shape index (κ3) is 1.84. The molecule has 0 unspecified atom stereocenters. The molecular formula is C15H11FN2O2. The summed E-state index contributed by atoms with van der Waals surface area (Å²) in [5.41, 5.74) is 7.15. The Morgan fingerprint density at radius 1 is 1.15 bits per heavy atom. The van der Waals surface area contributed by atoms with Gasteiger partial charge in [0.05, 0.1) is 11.4 Å². The van der Waals surface area contributed by atoms with E-state index in [1.54, 1.807) is 24.3 Å². The predicted octanol–water partition coefficient (Wildman–Crippen LogP) is 2.78. The van der Waals surface area contributed by atoms with Crippen LogP contribution in [0.4, 0.5) is 20.6 Å². The van der Waals surface area contributed by atoms with E-state index in [0.717, 1.165) is 6.07 Å². The van der Waals surface area contributed by atoms with Crippen molar-refractivity contribution in [3.05, 3.63) is 59.4 Å². The number of ketones is 1. The van der Waals surface area contributed by atoms with Crippen LogP contribution in [0, 0.1) is 5.82 Å². The number of urea groups is 1. The molecule has 5 heteroatoms. The summed E-state index contributed by atoms with van der Waals surface area (Å²) in [6.07, 6.45) is 0.108. The second-order valence-electron chi connectivity index (χ2n) is 4.56. The van der Waals surface area contributed by atoms with Gasteiger partial charge in [0.25, 0.3) is 0 Å². The number of nitrogens with zero attached hydrogens (tertiary/aromatic N) is 1. The Labute approximate surface area is 114 Å². The zero-order valence-electron chi connectivity index (χ0n) is 10.5. The quantitative estimate of drug-likeness (QED) is 0.799. The molecule has 0 bridgehead atoms. The molecule has 0 aliphatic carbocycles. The number of nitrogens with two attached hydrogens (primary N) is 1. The maximum absolute atomic E-state index is 13.4. The molecule has 3 rings (SSSR count). The zero-order valence-corrected chi connectivity index (χ0v) is 10.5. The van der Waals surface area contributed by atoms with E-state index in [2.05, 4.69) is 0 Å². The summed E-state index contributed by atoms with van der Waals surface area (Å²) in [4.78, 5) is 25.3. The Kier molecular flexibility index (Phi) is 2.75. The number of amides is 2. The molecule has 0 fully saturated rings. The van der Waals surface area contributed by atoms with E-state index < -0.39 is 11.8 Å². The van der Waals surface area contributed by atoms with Gasteiger partial charge < -0.3 is 5.73 Å². The van der Waals surface area contributed by atoms with Crippen LogP contribution in [-0.4, -0.2) is 11.8 Å². The standard InChI is InChI=1S/C15H11FN2O2/c16-10-5-6-13-11(8-10)14(19)7-9-3-1-2-4-12(9)18(13)15(17)20/h1-6,8H,7H2,(H2,17,20)/i16-1. The first-order chi connectivity index (χ1) is 9.58. The molecule has 0 radical (unpaired) electrons. The molecule has 2 aromatic carbocycles. The smallest absolute Gasteiger partial charge is 0.323 e. The van der Waals surface area contributed by atoms with Crippen LogP contribution < -0.4 is 10.6 Å². The molecule has 1 heterocycles. The van der Waals surface area contributed by atoms with Crippen molar-refractivity contribution < 1.29 is 14.0 Å². The van der Waals surface area contributed by atoms with E-state index in [9.17, 15) is 14.0 Å². The highest BCUT2D eigenvalue weighted by Crippen LogP contribution is 2.35. The van der Waals surface area contributed by atoms with Crippen molar-refractivity contribution >= 4 is 23.2 Å². The summed E-state index contributed by atoms with van der Waals surface area (Å²) in [7, 11) is 0. The fraction of sp³-hybridized carbons (Fsp3) is 0.0667. The summed E-state index contributed by atoms with van der Waals surface area (Å²) in [5, 5.41) is 0. The average molecular weight is 269 g/mol. The number of halogens is 1. The third-order valence-corrected chi connectivity index (χ3v) is 3.30. The SMILES string of the molecule is NC(=O)N1c2ccccc2CC(=O)c2cc([18F])ccc21. The van der Waals surface area contributed by atoms with Gasteiger partial charge in [0.1, 0.15) is 5.82 Å². The molecule has 0 aromatic heterocycles. The monoisotopic (exact) mass is 269 g/mol. The van der Waals surface area contributed by atoms with Gasteiger partial charge in [-0.1, -0.05) is 18.2 Å². The van der Waals surface area contributed by atoms with Crippen LogP contribution in [0.25, 0.3) is 0 Å². The van der Waals surface area contributed by atoms with Crippen molar-refractivity contribution in [3.8, 4) is 0 Å². The molecule has 2 aromatic rings. The van der Waals surface area contributed by atoms with Crippen LogP contribution in [0.2, 0.25) is 0 Å². The van der Waals surface area contributed by atoms with Crippen molar-refractivity contribution in [2.45, 2.75) is 6.42 Å². The number of hydrogen-bond acceptors (Lipinski definition) is 2. The number of primary amides is 1. The predicted molar refractivity (Wildman–Crippen MR) is 72.6 cm³/mol. The zero-order chi connectivity index (χ0) is 14.3. The van der Waals surface area contributed by atoms with Gasteiger partial charge in [0, 0.05) is 12.0 Å². The summed E-state index contributed by atoms with van der Waals surface area (Å²) < 4.78 is 13.4. The molecule has 4 nitrogen and oxygen atoms in total. The van der Waals surface area contributed by atoms with E-state index in [1.807, 2.05) is 0 Å². The van der Waals surface area contributed by atoms with Gasteiger partial charge in [-0.05, 0) is 29.8 Å². The number of hydrogen-bond donors (Lipinski definition) is 1. The minimum Gasteiger partial charge on any atom is -0.351 e. The van der Waals surface area contributed by atoms with Crippen LogP contribution in [-0.2, 0) is 6.42 Å². The first-order valence-electron chi connectivity index (χ1n) is 6.08. The van der Waals surface area contributed by atoms with Gasteiger partial charge in [0.2, 0.25) is 0 Å². The number of para-hydroxylation sites is 1. The Bertz CT molecular complexity index is 728. The summed E-state index contributed by atoms with van der Waals surface area (Å²) in [6.45, 7) is 0. The highest BCUT2D eigenvalue weighted by Gasteiger charge is 2.28.